The molecule has 0 fully saturated rings. The molecule has 0 bridgehead atoms. The molecule has 1 aromatic carbocycles. The number of imide groups is 1. The van der Waals surface area contributed by atoms with Crippen LogP contribution in [0.1, 0.15) is 5.56 Å². The first-order valence-corrected chi connectivity index (χ1v) is 6.09. The summed E-state index contributed by atoms with van der Waals surface area (Å²) in [6.07, 6.45) is -3.73. The number of carbonyl (C=O) groups is 2. The van der Waals surface area contributed by atoms with Crippen molar-refractivity contribution < 1.29 is 33.0 Å². The monoisotopic (exact) mass is 316 g/mol. The lowest BCUT2D eigenvalue weighted by molar-refractivity contribution is -0.139. The molecule has 2 rings (SSSR count). The lowest BCUT2D eigenvalue weighted by atomic mass is 10.1. The molecule has 0 aliphatic carbocycles. The van der Waals surface area contributed by atoms with Crippen LogP contribution in [0.2, 0.25) is 0 Å². The van der Waals surface area contributed by atoms with Crippen molar-refractivity contribution in [2.45, 2.75) is 6.18 Å². The fourth-order valence-corrected chi connectivity index (χ4v) is 1.91. The van der Waals surface area contributed by atoms with Crippen LogP contribution >= 0.6 is 0 Å². The molecular formula is C13H11F3N2O4. The highest BCUT2D eigenvalue weighted by Gasteiger charge is 2.34. The summed E-state index contributed by atoms with van der Waals surface area (Å²) in [6, 6.07) is 2.48. The number of aromatic hydroxyl groups is 1. The molecular weight excluding hydrogens is 305 g/mol. The van der Waals surface area contributed by atoms with Gasteiger partial charge in [-0.2, -0.15) is 13.2 Å². The van der Waals surface area contributed by atoms with Crippen LogP contribution in [-0.4, -0.2) is 40.1 Å². The summed E-state index contributed by atoms with van der Waals surface area (Å²) in [5.41, 5.74) is -1.34. The Hall–Kier alpha value is -2.55. The topological polar surface area (TPSA) is 89.9 Å². The number of rotatable bonds is 4. The third-order valence-electron chi connectivity index (χ3n) is 2.92. The van der Waals surface area contributed by atoms with Crippen molar-refractivity contribution in [3.63, 3.8) is 0 Å². The van der Waals surface area contributed by atoms with E-state index in [0.717, 1.165) is 23.1 Å². The second kappa shape index (κ2) is 5.68. The normalized spacial score (nSPS) is 15.3. The molecule has 0 saturated carbocycles. The Morgan fingerprint density at radius 1 is 1.23 bits per heavy atom. The van der Waals surface area contributed by atoms with Crippen LogP contribution in [0.4, 0.5) is 18.9 Å². The number of halogens is 3. The largest absolute Gasteiger partial charge is 0.507 e. The van der Waals surface area contributed by atoms with E-state index >= 15 is 0 Å². The maximum absolute atomic E-state index is 12.5. The van der Waals surface area contributed by atoms with Crippen LogP contribution in [0.3, 0.4) is 0 Å². The van der Waals surface area contributed by atoms with E-state index in [1.807, 2.05) is 0 Å². The first-order chi connectivity index (χ1) is 10.2. The predicted octanol–water partition coefficient (Wildman–Crippen LogP) is 1.07. The summed E-state index contributed by atoms with van der Waals surface area (Å²) >= 11 is 0. The maximum Gasteiger partial charge on any atom is 0.419 e. The molecule has 0 atom stereocenters. The Bertz CT molecular complexity index is 655. The summed E-state index contributed by atoms with van der Waals surface area (Å²) in [5.74, 6) is -2.35. The lowest BCUT2D eigenvalue weighted by Crippen LogP contribution is -2.34. The Labute approximate surface area is 122 Å². The van der Waals surface area contributed by atoms with Crippen LogP contribution in [0.15, 0.2) is 30.0 Å². The molecule has 2 amide bonds. The summed E-state index contributed by atoms with van der Waals surface area (Å²) in [7, 11) is 0. The Morgan fingerprint density at radius 3 is 2.45 bits per heavy atom. The van der Waals surface area contributed by atoms with E-state index in [4.69, 9.17) is 5.11 Å². The van der Waals surface area contributed by atoms with Gasteiger partial charge in [0.2, 0.25) is 0 Å². The van der Waals surface area contributed by atoms with Gasteiger partial charge in [-0.05, 0) is 12.1 Å². The number of hydrogen-bond donors (Lipinski definition) is 3. The zero-order valence-corrected chi connectivity index (χ0v) is 11.0. The third-order valence-corrected chi connectivity index (χ3v) is 2.92. The summed E-state index contributed by atoms with van der Waals surface area (Å²) in [5, 5.41) is 20.6. The van der Waals surface area contributed by atoms with Crippen LogP contribution in [0.5, 0.6) is 5.75 Å². The quantitative estimate of drug-likeness (QED) is 0.723. The van der Waals surface area contributed by atoms with Gasteiger partial charge in [0.05, 0.1) is 18.7 Å². The summed E-state index contributed by atoms with van der Waals surface area (Å²) in [4.78, 5) is 24.1. The standard InChI is InChI=1S/C13H11F3N2O4/c14-13(15,16)8-2-1-7(5-10(8)20)17-9-6-11(21)18(3-4-19)12(9)22/h1-2,5-6,17,19-20H,3-4H2. The zero-order chi connectivity index (χ0) is 16.5. The molecule has 1 aromatic rings. The van der Waals surface area contributed by atoms with E-state index < -0.39 is 35.9 Å². The SMILES string of the molecule is O=C1C=C(Nc2ccc(C(F)(F)F)c(O)c2)C(=O)N1CCO. The Balaban J connectivity index is 2.19. The van der Waals surface area contributed by atoms with Crippen molar-refractivity contribution in [3.8, 4) is 5.75 Å². The molecule has 0 aromatic heterocycles. The molecule has 22 heavy (non-hydrogen) atoms. The van der Waals surface area contributed by atoms with E-state index in [1.165, 1.54) is 0 Å². The van der Waals surface area contributed by atoms with Gasteiger partial charge in [-0.1, -0.05) is 0 Å². The van der Waals surface area contributed by atoms with Gasteiger partial charge in [-0.25, -0.2) is 0 Å². The third kappa shape index (κ3) is 3.03. The van der Waals surface area contributed by atoms with Crippen molar-refractivity contribution in [1.82, 2.24) is 4.90 Å². The van der Waals surface area contributed by atoms with E-state index in [1.54, 1.807) is 0 Å². The van der Waals surface area contributed by atoms with Crippen LogP contribution in [-0.2, 0) is 15.8 Å². The van der Waals surface area contributed by atoms with Gasteiger partial charge in [0.25, 0.3) is 11.8 Å². The lowest BCUT2D eigenvalue weighted by Gasteiger charge is -2.14. The number of β-amino-alcohol motifs (C(OH)–C–C–N with tert-alkyl or cyclic N) is 1. The van der Waals surface area contributed by atoms with E-state index in [9.17, 15) is 27.9 Å². The number of anilines is 1. The van der Waals surface area contributed by atoms with Crippen LogP contribution in [0, 0.1) is 0 Å². The number of aliphatic hydroxyl groups is 1. The average Bonchev–Trinajstić information content (AvgIpc) is 2.65. The molecule has 0 unspecified atom stereocenters. The highest BCUT2D eigenvalue weighted by Crippen LogP contribution is 2.37. The minimum absolute atomic E-state index is 0.0174. The first-order valence-electron chi connectivity index (χ1n) is 6.09. The van der Waals surface area contributed by atoms with Gasteiger partial charge in [0.1, 0.15) is 11.4 Å². The number of alkyl halides is 3. The van der Waals surface area contributed by atoms with Crippen molar-refractivity contribution in [2.75, 3.05) is 18.5 Å². The maximum atomic E-state index is 12.5. The highest BCUT2D eigenvalue weighted by atomic mass is 19.4. The molecule has 9 heteroatoms. The van der Waals surface area contributed by atoms with Gasteiger partial charge in [-0.15, -0.1) is 0 Å². The van der Waals surface area contributed by atoms with Gasteiger partial charge in [-0.3, -0.25) is 14.5 Å². The highest BCUT2D eigenvalue weighted by molar-refractivity contribution is 6.17. The number of amides is 2. The fraction of sp³-hybridized carbons (Fsp3) is 0.231. The fourth-order valence-electron chi connectivity index (χ4n) is 1.91. The Morgan fingerprint density at radius 2 is 1.91 bits per heavy atom. The van der Waals surface area contributed by atoms with Crippen molar-refractivity contribution in [2.24, 2.45) is 0 Å². The molecule has 1 aliphatic rings. The van der Waals surface area contributed by atoms with E-state index in [0.29, 0.717) is 6.07 Å². The summed E-state index contributed by atoms with van der Waals surface area (Å²) < 4.78 is 37.5. The molecule has 6 nitrogen and oxygen atoms in total. The number of aliphatic hydroxyl groups excluding tert-OH is 1. The average molecular weight is 316 g/mol. The van der Waals surface area contributed by atoms with Crippen molar-refractivity contribution in [1.29, 1.82) is 0 Å². The first kappa shape index (κ1) is 15.8. The second-order valence-corrected chi connectivity index (χ2v) is 4.43. The second-order valence-electron chi connectivity index (χ2n) is 4.43. The number of hydrogen-bond acceptors (Lipinski definition) is 5. The van der Waals surface area contributed by atoms with Crippen molar-refractivity contribution in [3.05, 3.63) is 35.5 Å². The molecule has 0 saturated heterocycles. The van der Waals surface area contributed by atoms with E-state index in [-0.39, 0.29) is 17.9 Å². The number of nitrogens with one attached hydrogen (secondary N) is 1. The minimum Gasteiger partial charge on any atom is -0.507 e. The number of phenolic OH excluding ortho intramolecular Hbond substituents is 1. The van der Waals surface area contributed by atoms with Crippen LogP contribution in [0.25, 0.3) is 0 Å². The summed E-state index contributed by atoms with van der Waals surface area (Å²) in [6.45, 7) is -0.586. The number of phenols is 1. The number of benzene rings is 1. The minimum atomic E-state index is -4.70. The van der Waals surface area contributed by atoms with Crippen molar-refractivity contribution >= 4 is 17.5 Å². The zero-order valence-electron chi connectivity index (χ0n) is 11.0. The molecule has 0 spiro atoms. The van der Waals surface area contributed by atoms with Gasteiger partial charge in [0, 0.05) is 17.8 Å². The van der Waals surface area contributed by atoms with Crippen LogP contribution < -0.4 is 5.32 Å². The molecule has 1 heterocycles. The van der Waals surface area contributed by atoms with E-state index in [2.05, 4.69) is 5.32 Å². The molecule has 118 valence electrons. The Kier molecular flexibility index (Phi) is 4.09. The van der Waals surface area contributed by atoms with Gasteiger partial charge in [0.15, 0.2) is 0 Å². The van der Waals surface area contributed by atoms with Gasteiger partial charge >= 0.3 is 6.18 Å². The number of carbonyl (C=O) groups excluding carboxylic acids is 2. The predicted molar refractivity (Wildman–Crippen MR) is 68.6 cm³/mol. The van der Waals surface area contributed by atoms with Gasteiger partial charge < -0.3 is 15.5 Å². The molecule has 0 radical (unpaired) electrons. The molecule has 1 aliphatic heterocycles. The molecule has 3 N–H and O–H groups in total. The smallest absolute Gasteiger partial charge is 0.419 e. The number of nitrogens with zero attached hydrogens (tertiary/aromatic N) is 1.